The Morgan fingerprint density at radius 3 is 2.88 bits per heavy atom. The highest BCUT2D eigenvalue weighted by atomic mass is 16.5. The maximum Gasteiger partial charge on any atom is 0.0593 e. The van der Waals surface area contributed by atoms with E-state index in [-0.39, 0.29) is 0 Å². The number of hydrogen-bond acceptors (Lipinski definition) is 4. The molecule has 0 radical (unpaired) electrons. The molecule has 1 rings (SSSR count). The molecular weight excluding hydrogens is 204 g/mol. The Balaban J connectivity index is 1.90. The maximum atomic E-state index is 5.53. The van der Waals surface area contributed by atoms with E-state index in [9.17, 15) is 0 Å². The molecule has 0 aromatic heterocycles. The van der Waals surface area contributed by atoms with Crippen molar-refractivity contribution in [1.82, 2.24) is 10.2 Å². The topological polar surface area (TPSA) is 33.7 Å². The van der Waals surface area contributed by atoms with Crippen LogP contribution in [0.5, 0.6) is 0 Å². The van der Waals surface area contributed by atoms with E-state index in [0.717, 1.165) is 45.8 Å². The second-order valence-electron chi connectivity index (χ2n) is 4.77. The van der Waals surface area contributed by atoms with Crippen LogP contribution in [0.3, 0.4) is 0 Å². The number of likely N-dealkylation sites (N-methyl/N-ethyl adjacent to an activating group) is 1. The fraction of sp³-hybridized carbons (Fsp3) is 1.00. The largest absolute Gasteiger partial charge is 0.379 e. The summed E-state index contributed by atoms with van der Waals surface area (Å²) in [5.41, 5.74) is 0. The summed E-state index contributed by atoms with van der Waals surface area (Å²) in [6, 6.07) is 0.612. The van der Waals surface area contributed by atoms with E-state index in [4.69, 9.17) is 9.47 Å². The summed E-state index contributed by atoms with van der Waals surface area (Å²) in [5.74, 6) is 0. The first kappa shape index (κ1) is 13.9. The van der Waals surface area contributed by atoms with Crippen LogP contribution in [0.1, 0.15) is 19.8 Å². The van der Waals surface area contributed by atoms with Crippen LogP contribution in [-0.2, 0) is 9.47 Å². The quantitative estimate of drug-likeness (QED) is 0.654. The van der Waals surface area contributed by atoms with Gasteiger partial charge in [-0.3, -0.25) is 0 Å². The Kier molecular flexibility index (Phi) is 6.96. The van der Waals surface area contributed by atoms with Crippen molar-refractivity contribution in [2.24, 2.45) is 0 Å². The molecule has 2 atom stereocenters. The summed E-state index contributed by atoms with van der Waals surface area (Å²) in [7, 11) is 4.12. The van der Waals surface area contributed by atoms with Crippen LogP contribution in [-0.4, -0.2) is 64.1 Å². The number of nitrogens with one attached hydrogen (secondary N) is 1. The highest BCUT2D eigenvalue weighted by molar-refractivity contribution is 4.74. The molecule has 16 heavy (non-hydrogen) atoms. The van der Waals surface area contributed by atoms with Crippen molar-refractivity contribution < 1.29 is 9.47 Å². The SMILES string of the molecule is CC1CC(NCCOCCN(C)C)CCO1. The van der Waals surface area contributed by atoms with Crippen LogP contribution >= 0.6 is 0 Å². The van der Waals surface area contributed by atoms with Crippen molar-refractivity contribution in [3.8, 4) is 0 Å². The van der Waals surface area contributed by atoms with Crippen molar-refractivity contribution >= 4 is 0 Å². The van der Waals surface area contributed by atoms with Gasteiger partial charge < -0.3 is 19.7 Å². The minimum Gasteiger partial charge on any atom is -0.379 e. The van der Waals surface area contributed by atoms with Gasteiger partial charge in [-0.05, 0) is 33.9 Å². The van der Waals surface area contributed by atoms with Gasteiger partial charge >= 0.3 is 0 Å². The summed E-state index contributed by atoms with van der Waals surface area (Å²) in [6.45, 7) is 6.60. The summed E-state index contributed by atoms with van der Waals surface area (Å²) in [6.07, 6.45) is 2.65. The molecule has 1 saturated heterocycles. The van der Waals surface area contributed by atoms with Crippen LogP contribution in [0.25, 0.3) is 0 Å². The second kappa shape index (κ2) is 8.01. The number of ether oxygens (including phenoxy) is 2. The fourth-order valence-corrected chi connectivity index (χ4v) is 1.87. The molecular formula is C12H26N2O2. The zero-order chi connectivity index (χ0) is 11.8. The molecule has 1 heterocycles. The van der Waals surface area contributed by atoms with Gasteiger partial charge in [0.2, 0.25) is 0 Å². The van der Waals surface area contributed by atoms with Crippen molar-refractivity contribution in [2.45, 2.75) is 31.9 Å². The van der Waals surface area contributed by atoms with Crippen molar-refractivity contribution in [3.05, 3.63) is 0 Å². The average molecular weight is 230 g/mol. The van der Waals surface area contributed by atoms with Gasteiger partial charge in [0.25, 0.3) is 0 Å². The van der Waals surface area contributed by atoms with E-state index < -0.39 is 0 Å². The molecule has 0 aliphatic carbocycles. The van der Waals surface area contributed by atoms with E-state index in [1.165, 1.54) is 0 Å². The van der Waals surface area contributed by atoms with Crippen LogP contribution in [0.15, 0.2) is 0 Å². The molecule has 96 valence electrons. The molecule has 1 aliphatic heterocycles. The lowest BCUT2D eigenvalue weighted by Crippen LogP contribution is -2.39. The molecule has 4 nitrogen and oxygen atoms in total. The van der Waals surface area contributed by atoms with E-state index in [2.05, 4.69) is 31.2 Å². The third kappa shape index (κ3) is 6.43. The van der Waals surface area contributed by atoms with E-state index in [1.54, 1.807) is 0 Å². The van der Waals surface area contributed by atoms with E-state index in [0.29, 0.717) is 12.1 Å². The molecule has 0 bridgehead atoms. The lowest BCUT2D eigenvalue weighted by Gasteiger charge is -2.28. The second-order valence-corrected chi connectivity index (χ2v) is 4.77. The summed E-state index contributed by atoms with van der Waals surface area (Å²) < 4.78 is 11.0. The Morgan fingerprint density at radius 2 is 2.19 bits per heavy atom. The van der Waals surface area contributed by atoms with Gasteiger partial charge in [0, 0.05) is 25.7 Å². The first-order chi connectivity index (χ1) is 7.68. The summed E-state index contributed by atoms with van der Waals surface area (Å²) >= 11 is 0. The molecule has 0 aromatic rings. The standard InChI is InChI=1S/C12H26N2O2/c1-11-10-12(4-7-16-11)13-5-8-15-9-6-14(2)3/h11-13H,4-10H2,1-3H3. The smallest absolute Gasteiger partial charge is 0.0593 e. The predicted molar refractivity (Wildman–Crippen MR) is 65.8 cm³/mol. The zero-order valence-electron chi connectivity index (χ0n) is 10.9. The van der Waals surface area contributed by atoms with Crippen LogP contribution < -0.4 is 5.32 Å². The minimum absolute atomic E-state index is 0.404. The molecule has 4 heteroatoms. The highest BCUT2D eigenvalue weighted by Gasteiger charge is 2.18. The van der Waals surface area contributed by atoms with Gasteiger partial charge in [0.15, 0.2) is 0 Å². The number of rotatable bonds is 7. The van der Waals surface area contributed by atoms with E-state index in [1.807, 2.05) is 0 Å². The van der Waals surface area contributed by atoms with Crippen molar-refractivity contribution in [2.75, 3.05) is 47.0 Å². The maximum absolute atomic E-state index is 5.53. The predicted octanol–water partition coefficient (Wildman–Crippen LogP) is 0.722. The van der Waals surface area contributed by atoms with Gasteiger partial charge in [-0.2, -0.15) is 0 Å². The van der Waals surface area contributed by atoms with Gasteiger partial charge in [-0.15, -0.1) is 0 Å². The third-order valence-corrected chi connectivity index (χ3v) is 2.85. The Hall–Kier alpha value is -0.160. The lowest BCUT2D eigenvalue weighted by molar-refractivity contribution is 0.0116. The fourth-order valence-electron chi connectivity index (χ4n) is 1.87. The molecule has 0 saturated carbocycles. The number of hydrogen-bond donors (Lipinski definition) is 1. The molecule has 1 N–H and O–H groups in total. The first-order valence-corrected chi connectivity index (χ1v) is 6.26. The monoisotopic (exact) mass is 230 g/mol. The Bertz CT molecular complexity index is 176. The molecule has 0 amide bonds. The molecule has 1 aliphatic rings. The normalized spacial score (nSPS) is 26.2. The van der Waals surface area contributed by atoms with Crippen molar-refractivity contribution in [1.29, 1.82) is 0 Å². The Morgan fingerprint density at radius 1 is 1.38 bits per heavy atom. The average Bonchev–Trinajstić information content (AvgIpc) is 2.23. The molecule has 2 unspecified atom stereocenters. The van der Waals surface area contributed by atoms with Crippen LogP contribution in [0.2, 0.25) is 0 Å². The molecule has 1 fully saturated rings. The third-order valence-electron chi connectivity index (χ3n) is 2.85. The number of nitrogens with zero attached hydrogens (tertiary/aromatic N) is 1. The molecule has 0 spiro atoms. The lowest BCUT2D eigenvalue weighted by atomic mass is 10.0. The summed E-state index contributed by atoms with van der Waals surface area (Å²) in [4.78, 5) is 2.13. The highest BCUT2D eigenvalue weighted by Crippen LogP contribution is 2.12. The summed E-state index contributed by atoms with van der Waals surface area (Å²) in [5, 5.41) is 3.52. The first-order valence-electron chi connectivity index (χ1n) is 6.26. The minimum atomic E-state index is 0.404. The Labute approximate surface area is 99.3 Å². The van der Waals surface area contributed by atoms with E-state index >= 15 is 0 Å². The van der Waals surface area contributed by atoms with Gasteiger partial charge in [-0.25, -0.2) is 0 Å². The zero-order valence-corrected chi connectivity index (χ0v) is 10.9. The van der Waals surface area contributed by atoms with Crippen molar-refractivity contribution in [3.63, 3.8) is 0 Å². The molecule has 0 aromatic carbocycles. The van der Waals surface area contributed by atoms with Crippen LogP contribution in [0.4, 0.5) is 0 Å². The van der Waals surface area contributed by atoms with Gasteiger partial charge in [0.05, 0.1) is 19.3 Å². The van der Waals surface area contributed by atoms with Gasteiger partial charge in [0.1, 0.15) is 0 Å². The van der Waals surface area contributed by atoms with Crippen LogP contribution in [0, 0.1) is 0 Å². The van der Waals surface area contributed by atoms with Gasteiger partial charge in [-0.1, -0.05) is 0 Å².